The summed E-state index contributed by atoms with van der Waals surface area (Å²) in [6, 6.07) is 13.1. The smallest absolute Gasteiger partial charge is 0.00635 e. The van der Waals surface area contributed by atoms with Crippen LogP contribution in [0.25, 0.3) is 22.9 Å². The fraction of sp³-hybridized carbons (Fsp3) is 0.143. The zero-order chi connectivity index (χ0) is 9.54. The Morgan fingerprint density at radius 2 is 1.36 bits per heavy atom. The van der Waals surface area contributed by atoms with Gasteiger partial charge in [0.2, 0.25) is 0 Å². The fourth-order valence-corrected chi connectivity index (χ4v) is 2.18. The molecule has 0 heterocycles. The van der Waals surface area contributed by atoms with E-state index in [1.165, 1.54) is 21.2 Å². The van der Waals surface area contributed by atoms with E-state index in [0.717, 1.165) is 0 Å². The molecule has 0 unspecified atom stereocenters. The fourth-order valence-electron chi connectivity index (χ4n) is 2.18. The monoisotopic (exact) mass is 180 g/mol. The summed E-state index contributed by atoms with van der Waals surface area (Å²) in [5.41, 5.74) is 0. The van der Waals surface area contributed by atoms with Crippen molar-refractivity contribution in [1.82, 2.24) is 0 Å². The van der Waals surface area contributed by atoms with E-state index in [1.807, 2.05) is 0 Å². The molecule has 0 atom stereocenters. The topological polar surface area (TPSA) is 0 Å². The van der Waals surface area contributed by atoms with Crippen molar-refractivity contribution in [3.8, 4) is 0 Å². The summed E-state index contributed by atoms with van der Waals surface area (Å²) in [5, 5.41) is 5.45. The molecule has 0 N–H and O–H groups in total. The molecule has 3 rings (SSSR count). The Hall–Kier alpha value is -1.56. The number of benzene rings is 2. The summed E-state index contributed by atoms with van der Waals surface area (Å²) in [6.07, 6.45) is 4.64. The van der Waals surface area contributed by atoms with Crippen LogP contribution in [0, 0.1) is 5.92 Å². The van der Waals surface area contributed by atoms with Crippen molar-refractivity contribution in [2.45, 2.75) is 6.92 Å². The molecule has 0 fully saturated rings. The zero-order valence-electron chi connectivity index (χ0n) is 8.20. The SMILES string of the molecule is CC1C=c2cc3ccccc3cc2=C1. The largest absolute Gasteiger partial charge is 0.0700 e. The van der Waals surface area contributed by atoms with Gasteiger partial charge in [0, 0.05) is 0 Å². The molecule has 0 saturated carbocycles. The van der Waals surface area contributed by atoms with E-state index in [1.54, 1.807) is 0 Å². The molecule has 0 amide bonds. The molecule has 0 saturated heterocycles. The van der Waals surface area contributed by atoms with Crippen LogP contribution in [0.1, 0.15) is 6.92 Å². The Labute approximate surface area is 83.2 Å². The average molecular weight is 180 g/mol. The first-order valence-electron chi connectivity index (χ1n) is 5.05. The number of hydrogen-bond acceptors (Lipinski definition) is 0. The molecule has 1 aliphatic rings. The van der Waals surface area contributed by atoms with E-state index >= 15 is 0 Å². The quantitative estimate of drug-likeness (QED) is 0.582. The summed E-state index contributed by atoms with van der Waals surface area (Å²) in [4.78, 5) is 0. The van der Waals surface area contributed by atoms with E-state index in [-0.39, 0.29) is 0 Å². The summed E-state index contributed by atoms with van der Waals surface area (Å²) in [7, 11) is 0. The number of rotatable bonds is 0. The Bertz CT molecular complexity index is 551. The third-order valence-corrected chi connectivity index (χ3v) is 2.84. The van der Waals surface area contributed by atoms with Gasteiger partial charge in [0.05, 0.1) is 0 Å². The van der Waals surface area contributed by atoms with Crippen LogP contribution in [-0.2, 0) is 0 Å². The minimum absolute atomic E-state index is 0.585. The second-order valence-electron chi connectivity index (χ2n) is 4.02. The van der Waals surface area contributed by atoms with Crippen LogP contribution in [0.5, 0.6) is 0 Å². The van der Waals surface area contributed by atoms with Gasteiger partial charge < -0.3 is 0 Å². The molecule has 0 aliphatic heterocycles. The van der Waals surface area contributed by atoms with Gasteiger partial charge in [-0.2, -0.15) is 0 Å². The maximum atomic E-state index is 2.32. The molecule has 1 aliphatic carbocycles. The van der Waals surface area contributed by atoms with Crippen molar-refractivity contribution < 1.29 is 0 Å². The van der Waals surface area contributed by atoms with Gasteiger partial charge in [-0.1, -0.05) is 43.3 Å². The molecule has 0 heteroatoms. The molecule has 0 spiro atoms. The van der Waals surface area contributed by atoms with E-state index in [9.17, 15) is 0 Å². The van der Waals surface area contributed by atoms with E-state index in [4.69, 9.17) is 0 Å². The number of hydrogen-bond donors (Lipinski definition) is 0. The molecule has 0 bridgehead atoms. The highest BCUT2D eigenvalue weighted by molar-refractivity contribution is 5.83. The van der Waals surface area contributed by atoms with Gasteiger partial charge in [0.1, 0.15) is 0 Å². The molecule has 0 radical (unpaired) electrons. The second-order valence-corrected chi connectivity index (χ2v) is 4.02. The van der Waals surface area contributed by atoms with E-state index < -0.39 is 0 Å². The van der Waals surface area contributed by atoms with Gasteiger partial charge in [-0.25, -0.2) is 0 Å². The summed E-state index contributed by atoms with van der Waals surface area (Å²) in [5.74, 6) is 0.585. The normalized spacial score (nSPS) is 14.9. The molecule has 0 nitrogen and oxygen atoms in total. The van der Waals surface area contributed by atoms with Crippen LogP contribution < -0.4 is 10.4 Å². The van der Waals surface area contributed by atoms with Gasteiger partial charge in [-0.05, 0) is 39.3 Å². The average Bonchev–Trinajstić information content (AvgIpc) is 2.53. The van der Waals surface area contributed by atoms with Crippen LogP contribution in [-0.4, -0.2) is 0 Å². The van der Waals surface area contributed by atoms with Crippen molar-refractivity contribution >= 4 is 22.9 Å². The summed E-state index contributed by atoms with van der Waals surface area (Å²) >= 11 is 0. The predicted molar refractivity (Wildman–Crippen MR) is 61.3 cm³/mol. The first-order chi connectivity index (χ1) is 6.83. The number of fused-ring (bicyclic) bond motifs is 2. The van der Waals surface area contributed by atoms with Gasteiger partial charge >= 0.3 is 0 Å². The lowest BCUT2D eigenvalue weighted by Crippen LogP contribution is -2.20. The molecular weight excluding hydrogens is 168 g/mol. The van der Waals surface area contributed by atoms with Crippen molar-refractivity contribution in [1.29, 1.82) is 0 Å². The lowest BCUT2D eigenvalue weighted by atomic mass is 10.1. The molecule has 2 aromatic carbocycles. The third kappa shape index (κ3) is 1.07. The van der Waals surface area contributed by atoms with Crippen LogP contribution >= 0.6 is 0 Å². The van der Waals surface area contributed by atoms with Crippen LogP contribution in [0.3, 0.4) is 0 Å². The predicted octanol–water partition coefficient (Wildman–Crippen LogP) is 2.05. The van der Waals surface area contributed by atoms with Gasteiger partial charge in [0.15, 0.2) is 0 Å². The Balaban J connectivity index is 2.50. The first kappa shape index (κ1) is 7.81. The lowest BCUT2D eigenvalue weighted by molar-refractivity contribution is 1.07. The molecule has 2 aromatic rings. The standard InChI is InChI=1S/C14H12/c1-10-6-13-8-11-4-2-3-5-12(11)9-14(13)7-10/h2-10H,1H3. The van der Waals surface area contributed by atoms with Crippen LogP contribution in [0.15, 0.2) is 36.4 Å². The van der Waals surface area contributed by atoms with Gasteiger partial charge in [-0.15, -0.1) is 0 Å². The van der Waals surface area contributed by atoms with Crippen molar-refractivity contribution in [3.63, 3.8) is 0 Å². The van der Waals surface area contributed by atoms with Gasteiger partial charge in [-0.3, -0.25) is 0 Å². The highest BCUT2D eigenvalue weighted by Crippen LogP contribution is 2.10. The summed E-state index contributed by atoms with van der Waals surface area (Å²) in [6.45, 7) is 2.23. The summed E-state index contributed by atoms with van der Waals surface area (Å²) < 4.78 is 0. The first-order valence-corrected chi connectivity index (χ1v) is 5.05. The molecule has 0 aromatic heterocycles. The lowest BCUT2D eigenvalue weighted by Gasteiger charge is -1.95. The van der Waals surface area contributed by atoms with E-state index in [0.29, 0.717) is 5.92 Å². The molecular formula is C14H12. The highest BCUT2D eigenvalue weighted by atomic mass is 14.1. The minimum atomic E-state index is 0.585. The van der Waals surface area contributed by atoms with E-state index in [2.05, 4.69) is 55.5 Å². The highest BCUT2D eigenvalue weighted by Gasteiger charge is 2.02. The maximum absolute atomic E-state index is 2.32. The van der Waals surface area contributed by atoms with Crippen LogP contribution in [0.4, 0.5) is 0 Å². The van der Waals surface area contributed by atoms with Crippen molar-refractivity contribution in [2.24, 2.45) is 5.92 Å². The van der Waals surface area contributed by atoms with Crippen molar-refractivity contribution in [3.05, 3.63) is 46.8 Å². The Morgan fingerprint density at radius 1 is 0.857 bits per heavy atom. The zero-order valence-corrected chi connectivity index (χ0v) is 8.20. The molecule has 14 heavy (non-hydrogen) atoms. The van der Waals surface area contributed by atoms with Gasteiger partial charge in [0.25, 0.3) is 0 Å². The Morgan fingerprint density at radius 3 is 1.86 bits per heavy atom. The minimum Gasteiger partial charge on any atom is -0.0700 e. The Kier molecular flexibility index (Phi) is 1.51. The third-order valence-electron chi connectivity index (χ3n) is 2.84. The van der Waals surface area contributed by atoms with Crippen LogP contribution in [0.2, 0.25) is 0 Å². The van der Waals surface area contributed by atoms with Crippen molar-refractivity contribution in [2.75, 3.05) is 0 Å². The molecule has 68 valence electrons. The second kappa shape index (κ2) is 2.71. The maximum Gasteiger partial charge on any atom is -0.00635 e.